The highest BCUT2D eigenvalue weighted by atomic mass is 19.4. The molecule has 0 unspecified atom stereocenters. The predicted octanol–water partition coefficient (Wildman–Crippen LogP) is 1.69. The number of nitrogens with zero attached hydrogens (tertiary/aromatic N) is 5. The van der Waals surface area contributed by atoms with Crippen LogP contribution in [0.4, 0.5) is 19.0 Å². The highest BCUT2D eigenvalue weighted by Gasteiger charge is 2.38. The number of ether oxygens (including phenoxy) is 1. The molecular weight excluding hydrogens is 395 g/mol. The molecule has 1 fully saturated rings. The van der Waals surface area contributed by atoms with E-state index in [4.69, 9.17) is 19.9 Å². The van der Waals surface area contributed by atoms with E-state index in [1.807, 2.05) is 12.3 Å². The van der Waals surface area contributed by atoms with Gasteiger partial charge in [-0.3, -0.25) is 0 Å². The largest absolute Gasteiger partial charge is 0.490 e. The number of nitriles is 1. The van der Waals surface area contributed by atoms with Gasteiger partial charge >= 0.3 is 12.1 Å². The van der Waals surface area contributed by atoms with Crippen molar-refractivity contribution < 1.29 is 27.8 Å². The summed E-state index contributed by atoms with van der Waals surface area (Å²) >= 11 is 0. The highest BCUT2D eigenvalue weighted by Crippen LogP contribution is 2.32. The van der Waals surface area contributed by atoms with Crippen molar-refractivity contribution in [2.24, 2.45) is 0 Å². The summed E-state index contributed by atoms with van der Waals surface area (Å²) in [5.74, 6) is -1.60. The van der Waals surface area contributed by atoms with Crippen LogP contribution in [0.3, 0.4) is 0 Å². The number of alkyl halides is 3. The van der Waals surface area contributed by atoms with Gasteiger partial charge in [0.05, 0.1) is 30.5 Å². The van der Waals surface area contributed by atoms with Crippen LogP contribution in [-0.4, -0.2) is 68.5 Å². The molecule has 29 heavy (non-hydrogen) atoms. The van der Waals surface area contributed by atoms with Crippen molar-refractivity contribution in [1.82, 2.24) is 24.9 Å². The van der Waals surface area contributed by atoms with Gasteiger partial charge < -0.3 is 24.7 Å². The molecule has 4 rings (SSSR count). The van der Waals surface area contributed by atoms with Crippen LogP contribution in [0.15, 0.2) is 18.7 Å². The molecule has 4 heterocycles. The summed E-state index contributed by atoms with van der Waals surface area (Å²) in [6.07, 6.45) is -0.0176. The number of aromatic nitrogens is 5. The van der Waals surface area contributed by atoms with Crippen LogP contribution in [0, 0.1) is 11.3 Å². The Labute approximate surface area is 161 Å². The fourth-order valence-electron chi connectivity index (χ4n) is 2.69. The van der Waals surface area contributed by atoms with Crippen molar-refractivity contribution in [2.45, 2.75) is 6.18 Å². The number of rotatable bonds is 2. The average Bonchev–Trinajstić information content (AvgIpc) is 3.34. The number of carboxylic acids is 1. The second-order valence-electron chi connectivity index (χ2n) is 5.78. The van der Waals surface area contributed by atoms with Gasteiger partial charge in [0.25, 0.3) is 0 Å². The summed E-state index contributed by atoms with van der Waals surface area (Å²) in [4.78, 5) is 30.0. The van der Waals surface area contributed by atoms with Crippen molar-refractivity contribution in [3.05, 3.63) is 24.5 Å². The first kappa shape index (κ1) is 20.1. The maximum absolute atomic E-state index is 10.6. The molecule has 10 nitrogen and oxygen atoms in total. The Balaban J connectivity index is 0.000000298. The Morgan fingerprint density at radius 3 is 2.55 bits per heavy atom. The van der Waals surface area contributed by atoms with E-state index in [1.54, 1.807) is 12.5 Å². The predicted molar refractivity (Wildman–Crippen MR) is 92.9 cm³/mol. The molecule has 0 bridgehead atoms. The van der Waals surface area contributed by atoms with Gasteiger partial charge in [-0.2, -0.15) is 18.4 Å². The van der Waals surface area contributed by atoms with Crippen LogP contribution in [0.25, 0.3) is 22.3 Å². The van der Waals surface area contributed by atoms with E-state index in [0.717, 1.165) is 41.2 Å². The van der Waals surface area contributed by atoms with E-state index in [-0.39, 0.29) is 5.82 Å². The lowest BCUT2D eigenvalue weighted by molar-refractivity contribution is -0.192. The van der Waals surface area contributed by atoms with Crippen LogP contribution < -0.4 is 4.90 Å². The maximum Gasteiger partial charge on any atom is 0.490 e. The molecule has 0 spiro atoms. The third-order valence-corrected chi connectivity index (χ3v) is 3.97. The molecule has 1 aliphatic heterocycles. The number of imidazole rings is 1. The Hall–Kier alpha value is -3.66. The Morgan fingerprint density at radius 2 is 1.97 bits per heavy atom. The molecule has 3 aromatic heterocycles. The van der Waals surface area contributed by atoms with E-state index in [2.05, 4.69) is 29.8 Å². The number of hydrogen-bond donors (Lipinski definition) is 3. The zero-order valence-electron chi connectivity index (χ0n) is 14.7. The number of carboxylic acid groups (broad SMARTS) is 1. The minimum atomic E-state index is -5.08. The minimum absolute atomic E-state index is 0.286. The van der Waals surface area contributed by atoms with Gasteiger partial charge in [-0.05, 0) is 0 Å². The number of nitrogens with one attached hydrogen (secondary N) is 2. The fourth-order valence-corrected chi connectivity index (χ4v) is 2.69. The number of anilines is 1. The van der Waals surface area contributed by atoms with Gasteiger partial charge in [0.15, 0.2) is 0 Å². The molecule has 3 aromatic rings. The van der Waals surface area contributed by atoms with Crippen molar-refractivity contribution in [3.63, 3.8) is 0 Å². The first-order chi connectivity index (χ1) is 13.8. The number of H-pyrrole nitrogens is 2. The third kappa shape index (κ3) is 4.43. The molecule has 13 heteroatoms. The lowest BCUT2D eigenvalue weighted by atomic mass is 10.1. The molecule has 1 aliphatic rings. The number of morpholine rings is 1. The lowest BCUT2D eigenvalue weighted by Crippen LogP contribution is -2.36. The standard InChI is InChI=1S/C14H13N7O.C2HF3O2/c15-5-11-16-7-10(20-11)9-6-17-13-12(9)14(19-8-18-13)21-1-3-22-4-2-21;3-2(4,5)1(6)7/h6-8H,1-4H2,(H,16,20)(H,17,18,19);(H,6,7). The van der Waals surface area contributed by atoms with Crippen LogP contribution in [0.1, 0.15) is 5.82 Å². The lowest BCUT2D eigenvalue weighted by Gasteiger charge is -2.28. The molecule has 0 aliphatic carbocycles. The zero-order chi connectivity index (χ0) is 21.0. The number of halogens is 3. The first-order valence-electron chi connectivity index (χ1n) is 8.21. The molecule has 152 valence electrons. The van der Waals surface area contributed by atoms with Crippen LogP contribution in [0.5, 0.6) is 0 Å². The van der Waals surface area contributed by atoms with Crippen molar-refractivity contribution >= 4 is 22.8 Å². The van der Waals surface area contributed by atoms with E-state index >= 15 is 0 Å². The van der Waals surface area contributed by atoms with Gasteiger partial charge in [-0.25, -0.2) is 19.7 Å². The summed E-state index contributed by atoms with van der Waals surface area (Å²) in [5, 5.41) is 17.0. The summed E-state index contributed by atoms with van der Waals surface area (Å²) in [5.41, 5.74) is 2.44. The Bertz CT molecular complexity index is 1050. The van der Waals surface area contributed by atoms with E-state index in [1.165, 1.54) is 0 Å². The smallest absolute Gasteiger partial charge is 0.475 e. The van der Waals surface area contributed by atoms with Crippen LogP contribution in [0.2, 0.25) is 0 Å². The normalized spacial score (nSPS) is 14.2. The zero-order valence-corrected chi connectivity index (χ0v) is 14.7. The summed E-state index contributed by atoms with van der Waals surface area (Å²) in [6.45, 7) is 2.97. The summed E-state index contributed by atoms with van der Waals surface area (Å²) in [7, 11) is 0. The average molecular weight is 409 g/mol. The van der Waals surface area contributed by atoms with Crippen LogP contribution in [-0.2, 0) is 9.53 Å². The quantitative estimate of drug-likeness (QED) is 0.580. The summed E-state index contributed by atoms with van der Waals surface area (Å²) < 4.78 is 37.1. The number of hydrogen-bond acceptors (Lipinski definition) is 7. The minimum Gasteiger partial charge on any atom is -0.475 e. The van der Waals surface area contributed by atoms with E-state index in [9.17, 15) is 13.2 Å². The highest BCUT2D eigenvalue weighted by molar-refractivity contribution is 6.00. The Kier molecular flexibility index (Phi) is 5.64. The van der Waals surface area contributed by atoms with Gasteiger partial charge in [0, 0.05) is 24.8 Å². The molecule has 0 amide bonds. The van der Waals surface area contributed by atoms with E-state index in [0.29, 0.717) is 13.2 Å². The third-order valence-electron chi connectivity index (χ3n) is 3.97. The van der Waals surface area contributed by atoms with Crippen molar-refractivity contribution in [3.8, 4) is 17.3 Å². The SMILES string of the molecule is N#Cc1ncc(-c2c[nH]c3ncnc(N4CCOCC4)c23)[nH]1.O=C(O)C(F)(F)F. The second kappa shape index (κ2) is 8.15. The monoisotopic (exact) mass is 409 g/mol. The molecule has 0 atom stereocenters. The van der Waals surface area contributed by atoms with Gasteiger partial charge in [-0.15, -0.1) is 0 Å². The summed E-state index contributed by atoms with van der Waals surface area (Å²) in [6, 6.07) is 2.00. The fraction of sp³-hybridized carbons (Fsp3) is 0.312. The second-order valence-corrected chi connectivity index (χ2v) is 5.78. The molecule has 0 radical (unpaired) electrons. The van der Waals surface area contributed by atoms with Crippen LogP contribution >= 0.6 is 0 Å². The first-order valence-corrected chi connectivity index (χ1v) is 8.21. The van der Waals surface area contributed by atoms with Crippen molar-refractivity contribution in [2.75, 3.05) is 31.2 Å². The van der Waals surface area contributed by atoms with Gasteiger partial charge in [-0.1, -0.05) is 0 Å². The number of aromatic amines is 2. The number of aliphatic carboxylic acids is 1. The van der Waals surface area contributed by atoms with E-state index < -0.39 is 12.1 Å². The molecule has 1 saturated heterocycles. The number of carbonyl (C=O) groups is 1. The molecule has 3 N–H and O–H groups in total. The molecule has 0 aromatic carbocycles. The topological polar surface area (TPSA) is 144 Å². The van der Waals surface area contributed by atoms with Gasteiger partial charge in [0.1, 0.15) is 23.9 Å². The molecular formula is C16H14F3N7O3. The van der Waals surface area contributed by atoms with Crippen molar-refractivity contribution in [1.29, 1.82) is 5.26 Å². The maximum atomic E-state index is 10.6. The van der Waals surface area contributed by atoms with Gasteiger partial charge in [0.2, 0.25) is 5.82 Å². The number of fused-ring (bicyclic) bond motifs is 1. The Morgan fingerprint density at radius 1 is 1.28 bits per heavy atom. The molecule has 0 saturated carbocycles.